The van der Waals surface area contributed by atoms with Crippen molar-refractivity contribution in [3.8, 4) is 0 Å². The number of likely N-dealkylation sites (tertiary alicyclic amines) is 1. The quantitative estimate of drug-likeness (QED) is 0.715. The Hall–Kier alpha value is -0.610. The van der Waals surface area contributed by atoms with Crippen LogP contribution in [0.3, 0.4) is 0 Å². The Morgan fingerprint density at radius 3 is 2.38 bits per heavy atom. The van der Waals surface area contributed by atoms with Crippen molar-refractivity contribution in [1.82, 2.24) is 4.90 Å². The normalized spacial score (nSPS) is 26.0. The molecule has 4 nitrogen and oxygen atoms in total. The van der Waals surface area contributed by atoms with Gasteiger partial charge in [0.15, 0.2) is 5.79 Å². The first-order chi connectivity index (χ1) is 7.67. The van der Waals surface area contributed by atoms with Gasteiger partial charge in [0.2, 0.25) is 5.91 Å². The third-order valence-electron chi connectivity index (χ3n) is 3.68. The Morgan fingerprint density at radius 2 is 1.88 bits per heavy atom. The Labute approximate surface area is 96.9 Å². The molecule has 0 N–H and O–H groups in total. The maximum atomic E-state index is 12.0. The molecule has 0 radical (unpaired) electrons. The van der Waals surface area contributed by atoms with Gasteiger partial charge < -0.3 is 14.4 Å². The van der Waals surface area contributed by atoms with Crippen molar-refractivity contribution in [3.63, 3.8) is 0 Å². The van der Waals surface area contributed by atoms with Crippen LogP contribution in [0.1, 0.15) is 33.1 Å². The van der Waals surface area contributed by atoms with Crippen molar-refractivity contribution in [2.45, 2.75) is 38.9 Å². The number of ether oxygens (including phenoxy) is 2. The molecule has 0 aromatic carbocycles. The summed E-state index contributed by atoms with van der Waals surface area (Å²) in [7, 11) is 0. The van der Waals surface area contributed by atoms with Crippen molar-refractivity contribution in [2.75, 3.05) is 26.3 Å². The molecule has 1 amide bonds. The first kappa shape index (κ1) is 11.9. The Morgan fingerprint density at radius 1 is 1.31 bits per heavy atom. The summed E-state index contributed by atoms with van der Waals surface area (Å²) in [5.41, 5.74) is 0. The fourth-order valence-corrected chi connectivity index (χ4v) is 2.34. The second-order valence-electron chi connectivity index (χ2n) is 4.74. The average molecular weight is 227 g/mol. The number of nitrogens with zero attached hydrogens (tertiary/aromatic N) is 1. The molecule has 1 atom stereocenters. The number of hydrogen-bond donors (Lipinski definition) is 0. The Balaban J connectivity index is 1.87. The molecule has 16 heavy (non-hydrogen) atoms. The van der Waals surface area contributed by atoms with E-state index in [0.717, 1.165) is 32.4 Å². The largest absolute Gasteiger partial charge is 0.347 e. The maximum Gasteiger partial charge on any atom is 0.225 e. The van der Waals surface area contributed by atoms with E-state index >= 15 is 0 Å². The van der Waals surface area contributed by atoms with E-state index in [0.29, 0.717) is 13.2 Å². The van der Waals surface area contributed by atoms with Crippen LogP contribution in [0.5, 0.6) is 0 Å². The zero-order chi connectivity index (χ0) is 11.6. The molecule has 0 aliphatic carbocycles. The summed E-state index contributed by atoms with van der Waals surface area (Å²) < 4.78 is 11.3. The molecule has 2 fully saturated rings. The fourth-order valence-electron chi connectivity index (χ4n) is 2.34. The summed E-state index contributed by atoms with van der Waals surface area (Å²) >= 11 is 0. The monoisotopic (exact) mass is 227 g/mol. The van der Waals surface area contributed by atoms with Gasteiger partial charge in [-0.3, -0.25) is 4.79 Å². The van der Waals surface area contributed by atoms with Gasteiger partial charge in [-0.1, -0.05) is 13.8 Å². The molecule has 2 aliphatic rings. The molecule has 2 saturated heterocycles. The van der Waals surface area contributed by atoms with E-state index in [1.165, 1.54) is 0 Å². The van der Waals surface area contributed by atoms with Crippen LogP contribution < -0.4 is 0 Å². The summed E-state index contributed by atoms with van der Waals surface area (Å²) in [5, 5.41) is 0. The zero-order valence-electron chi connectivity index (χ0n) is 10.2. The maximum absolute atomic E-state index is 12.0. The van der Waals surface area contributed by atoms with E-state index in [2.05, 4.69) is 6.92 Å². The predicted octanol–water partition coefficient (Wildman–Crippen LogP) is 1.40. The third kappa shape index (κ3) is 2.23. The van der Waals surface area contributed by atoms with Crippen LogP contribution in [0.25, 0.3) is 0 Å². The third-order valence-corrected chi connectivity index (χ3v) is 3.68. The van der Waals surface area contributed by atoms with Gasteiger partial charge in [0, 0.05) is 31.8 Å². The molecule has 0 aromatic rings. The van der Waals surface area contributed by atoms with Gasteiger partial charge >= 0.3 is 0 Å². The lowest BCUT2D eigenvalue weighted by Gasteiger charge is -2.38. The number of piperidine rings is 1. The molecule has 2 rings (SSSR count). The lowest BCUT2D eigenvalue weighted by molar-refractivity contribution is -0.188. The first-order valence-corrected chi connectivity index (χ1v) is 6.23. The summed E-state index contributed by atoms with van der Waals surface area (Å²) in [6.07, 6.45) is 2.54. The molecule has 92 valence electrons. The van der Waals surface area contributed by atoms with Crippen LogP contribution in [0.15, 0.2) is 0 Å². The predicted molar refractivity (Wildman–Crippen MR) is 59.9 cm³/mol. The molecule has 4 heteroatoms. The Kier molecular flexibility index (Phi) is 3.50. The fraction of sp³-hybridized carbons (Fsp3) is 0.917. The van der Waals surface area contributed by atoms with Gasteiger partial charge in [-0.2, -0.15) is 0 Å². The molecular weight excluding hydrogens is 206 g/mol. The van der Waals surface area contributed by atoms with E-state index in [-0.39, 0.29) is 17.6 Å². The minimum atomic E-state index is -0.369. The van der Waals surface area contributed by atoms with E-state index < -0.39 is 0 Å². The summed E-state index contributed by atoms with van der Waals surface area (Å²) in [6, 6.07) is 0. The topological polar surface area (TPSA) is 38.8 Å². The number of carbonyl (C=O) groups excluding carboxylic acids is 1. The van der Waals surface area contributed by atoms with E-state index in [9.17, 15) is 4.79 Å². The van der Waals surface area contributed by atoms with Gasteiger partial charge in [-0.15, -0.1) is 0 Å². The van der Waals surface area contributed by atoms with Crippen LogP contribution in [0.4, 0.5) is 0 Å². The SMILES string of the molecule is CCC(C)C(=O)N1CCC2(CC1)OCCO2. The van der Waals surface area contributed by atoms with Crippen molar-refractivity contribution in [2.24, 2.45) is 5.92 Å². The number of amides is 1. The molecule has 0 bridgehead atoms. The molecule has 2 aliphatic heterocycles. The zero-order valence-corrected chi connectivity index (χ0v) is 10.2. The summed E-state index contributed by atoms with van der Waals surface area (Å²) in [5.74, 6) is 0.0430. The standard InChI is InChI=1S/C12H21NO3/c1-3-10(2)11(14)13-6-4-12(5-7-13)15-8-9-16-12/h10H,3-9H2,1-2H3. The van der Waals surface area contributed by atoms with Crippen molar-refractivity contribution >= 4 is 5.91 Å². The van der Waals surface area contributed by atoms with Crippen LogP contribution in [-0.4, -0.2) is 42.9 Å². The lowest BCUT2D eigenvalue weighted by atomic mass is 10.0. The highest BCUT2D eigenvalue weighted by Gasteiger charge is 2.41. The minimum absolute atomic E-state index is 0.138. The van der Waals surface area contributed by atoms with Crippen molar-refractivity contribution in [1.29, 1.82) is 0 Å². The van der Waals surface area contributed by atoms with Crippen molar-refractivity contribution < 1.29 is 14.3 Å². The highest BCUT2D eigenvalue weighted by Crippen LogP contribution is 2.31. The average Bonchev–Trinajstić information content (AvgIpc) is 2.77. The Bertz CT molecular complexity index is 251. The molecular formula is C12H21NO3. The van der Waals surface area contributed by atoms with E-state index in [1.807, 2.05) is 11.8 Å². The number of rotatable bonds is 2. The van der Waals surface area contributed by atoms with Crippen molar-refractivity contribution in [3.05, 3.63) is 0 Å². The van der Waals surface area contributed by atoms with Crippen LogP contribution in [0.2, 0.25) is 0 Å². The second-order valence-corrected chi connectivity index (χ2v) is 4.74. The van der Waals surface area contributed by atoms with Gasteiger partial charge in [0.25, 0.3) is 0 Å². The van der Waals surface area contributed by atoms with Gasteiger partial charge in [0.05, 0.1) is 13.2 Å². The smallest absolute Gasteiger partial charge is 0.225 e. The lowest BCUT2D eigenvalue weighted by Crippen LogP contribution is -2.48. The highest BCUT2D eigenvalue weighted by molar-refractivity contribution is 5.78. The van der Waals surface area contributed by atoms with Crippen LogP contribution in [0, 0.1) is 5.92 Å². The first-order valence-electron chi connectivity index (χ1n) is 6.23. The molecule has 1 spiro atoms. The minimum Gasteiger partial charge on any atom is -0.347 e. The van der Waals surface area contributed by atoms with Gasteiger partial charge in [-0.05, 0) is 6.42 Å². The van der Waals surface area contributed by atoms with Gasteiger partial charge in [-0.25, -0.2) is 0 Å². The van der Waals surface area contributed by atoms with Crippen LogP contribution in [-0.2, 0) is 14.3 Å². The van der Waals surface area contributed by atoms with E-state index in [1.54, 1.807) is 0 Å². The van der Waals surface area contributed by atoms with Crippen LogP contribution >= 0.6 is 0 Å². The molecule has 0 saturated carbocycles. The van der Waals surface area contributed by atoms with Gasteiger partial charge in [0.1, 0.15) is 0 Å². The molecule has 1 unspecified atom stereocenters. The number of hydrogen-bond acceptors (Lipinski definition) is 3. The molecule has 2 heterocycles. The summed E-state index contributed by atoms with van der Waals surface area (Å²) in [6.45, 7) is 6.97. The second kappa shape index (κ2) is 4.72. The van der Waals surface area contributed by atoms with E-state index in [4.69, 9.17) is 9.47 Å². The molecule has 0 aromatic heterocycles. The number of carbonyl (C=O) groups is 1. The summed E-state index contributed by atoms with van der Waals surface area (Å²) in [4.78, 5) is 13.9. The highest BCUT2D eigenvalue weighted by atomic mass is 16.7.